The van der Waals surface area contributed by atoms with Gasteiger partial charge in [-0.25, -0.2) is 0 Å². The molecule has 0 unspecified atom stereocenters. The Morgan fingerprint density at radius 2 is 1.81 bits per heavy atom. The smallest absolute Gasteiger partial charge is 0.257 e. The lowest BCUT2D eigenvalue weighted by atomic mass is 10.1. The van der Waals surface area contributed by atoms with Gasteiger partial charge in [-0.05, 0) is 42.0 Å². The van der Waals surface area contributed by atoms with Crippen molar-refractivity contribution in [3.8, 4) is 11.5 Å². The third-order valence-electron chi connectivity index (χ3n) is 3.60. The van der Waals surface area contributed by atoms with E-state index in [1.165, 1.54) is 11.3 Å². The molecule has 6 nitrogen and oxygen atoms in total. The van der Waals surface area contributed by atoms with Crippen LogP contribution in [0.5, 0.6) is 11.5 Å². The van der Waals surface area contributed by atoms with Crippen molar-refractivity contribution < 1.29 is 14.3 Å². The van der Waals surface area contributed by atoms with E-state index in [1.807, 2.05) is 18.2 Å². The number of halogens is 1. The van der Waals surface area contributed by atoms with Gasteiger partial charge in [0.15, 0.2) is 11.5 Å². The van der Waals surface area contributed by atoms with Crippen molar-refractivity contribution in [2.75, 3.05) is 19.5 Å². The number of hydrogen-bond acceptors (Lipinski definition) is 6. The van der Waals surface area contributed by atoms with Crippen LogP contribution in [-0.4, -0.2) is 30.3 Å². The summed E-state index contributed by atoms with van der Waals surface area (Å²) in [6, 6.07) is 12.3. The molecule has 1 heterocycles. The molecule has 0 aliphatic carbocycles. The van der Waals surface area contributed by atoms with E-state index in [4.69, 9.17) is 21.1 Å². The average Bonchev–Trinajstić information content (AvgIpc) is 3.08. The monoisotopic (exact) mass is 389 g/mol. The molecule has 0 fully saturated rings. The minimum atomic E-state index is -0.254. The van der Waals surface area contributed by atoms with Crippen molar-refractivity contribution in [2.24, 2.45) is 0 Å². The fraction of sp³-hybridized carbons (Fsp3) is 0.167. The van der Waals surface area contributed by atoms with E-state index >= 15 is 0 Å². The van der Waals surface area contributed by atoms with Crippen LogP contribution in [0, 0.1) is 0 Å². The van der Waals surface area contributed by atoms with Crippen LogP contribution >= 0.6 is 22.9 Å². The SMILES string of the molecule is COc1ccc(Cc2nnc(NC(=O)c3ccc(Cl)cc3)s2)cc1OC. The van der Waals surface area contributed by atoms with E-state index in [0.29, 0.717) is 33.6 Å². The number of amides is 1. The van der Waals surface area contributed by atoms with Crippen LogP contribution in [0.15, 0.2) is 42.5 Å². The molecule has 0 radical (unpaired) electrons. The summed E-state index contributed by atoms with van der Waals surface area (Å²) in [5, 5.41) is 12.7. The van der Waals surface area contributed by atoms with Crippen LogP contribution in [0.1, 0.15) is 20.9 Å². The number of carbonyl (C=O) groups excluding carboxylic acids is 1. The van der Waals surface area contributed by atoms with Crippen LogP contribution in [0.3, 0.4) is 0 Å². The van der Waals surface area contributed by atoms with E-state index in [9.17, 15) is 4.79 Å². The van der Waals surface area contributed by atoms with Gasteiger partial charge in [-0.1, -0.05) is 29.0 Å². The van der Waals surface area contributed by atoms with Crippen molar-refractivity contribution in [2.45, 2.75) is 6.42 Å². The summed E-state index contributed by atoms with van der Waals surface area (Å²) < 4.78 is 10.5. The Balaban J connectivity index is 1.68. The van der Waals surface area contributed by atoms with Gasteiger partial charge in [0.25, 0.3) is 5.91 Å². The number of benzene rings is 2. The molecular weight excluding hydrogens is 374 g/mol. The lowest BCUT2D eigenvalue weighted by molar-refractivity contribution is 0.102. The zero-order chi connectivity index (χ0) is 18.5. The second-order valence-electron chi connectivity index (χ2n) is 5.33. The van der Waals surface area contributed by atoms with Crippen molar-refractivity contribution in [3.63, 3.8) is 0 Å². The summed E-state index contributed by atoms with van der Waals surface area (Å²) in [5.74, 6) is 1.07. The first-order chi connectivity index (χ1) is 12.6. The molecule has 0 bridgehead atoms. The molecule has 8 heteroatoms. The summed E-state index contributed by atoms with van der Waals surface area (Å²) in [6.45, 7) is 0. The molecule has 1 N–H and O–H groups in total. The zero-order valence-electron chi connectivity index (χ0n) is 14.2. The van der Waals surface area contributed by atoms with Gasteiger partial charge in [-0.2, -0.15) is 0 Å². The molecule has 1 amide bonds. The summed E-state index contributed by atoms with van der Waals surface area (Å²) in [6.07, 6.45) is 0.578. The molecule has 134 valence electrons. The van der Waals surface area contributed by atoms with Gasteiger partial charge in [-0.3, -0.25) is 10.1 Å². The van der Waals surface area contributed by atoms with Gasteiger partial charge in [-0.15, -0.1) is 10.2 Å². The maximum Gasteiger partial charge on any atom is 0.257 e. The first kappa shape index (κ1) is 18.2. The number of hydrogen-bond donors (Lipinski definition) is 1. The highest BCUT2D eigenvalue weighted by Crippen LogP contribution is 2.29. The second kappa shape index (κ2) is 8.16. The summed E-state index contributed by atoms with van der Waals surface area (Å²) in [7, 11) is 3.19. The van der Waals surface area contributed by atoms with Gasteiger partial charge in [0.1, 0.15) is 5.01 Å². The standard InChI is InChI=1S/C18H16ClN3O3S/c1-24-14-8-3-11(9-15(14)25-2)10-16-21-22-18(26-16)20-17(23)12-4-6-13(19)7-5-12/h3-9H,10H2,1-2H3,(H,20,22,23). The maximum absolute atomic E-state index is 12.2. The Morgan fingerprint density at radius 3 is 2.50 bits per heavy atom. The van der Waals surface area contributed by atoms with Crippen LogP contribution in [0.25, 0.3) is 0 Å². The fourth-order valence-corrected chi connectivity index (χ4v) is 3.21. The van der Waals surface area contributed by atoms with Crippen LogP contribution < -0.4 is 14.8 Å². The number of rotatable bonds is 6. The van der Waals surface area contributed by atoms with E-state index < -0.39 is 0 Å². The Bertz CT molecular complexity index is 912. The molecule has 2 aromatic carbocycles. The number of methoxy groups -OCH3 is 2. The van der Waals surface area contributed by atoms with Crippen molar-refractivity contribution >= 4 is 34.0 Å². The van der Waals surface area contributed by atoms with E-state index in [-0.39, 0.29) is 5.91 Å². The van der Waals surface area contributed by atoms with Gasteiger partial charge < -0.3 is 9.47 Å². The maximum atomic E-state index is 12.2. The minimum Gasteiger partial charge on any atom is -0.493 e. The minimum absolute atomic E-state index is 0.254. The van der Waals surface area contributed by atoms with Crippen molar-refractivity contribution in [1.29, 1.82) is 0 Å². The number of anilines is 1. The van der Waals surface area contributed by atoms with E-state index in [2.05, 4.69) is 15.5 Å². The molecule has 0 aliphatic rings. The van der Waals surface area contributed by atoms with Crippen LogP contribution in [0.2, 0.25) is 5.02 Å². The van der Waals surface area contributed by atoms with E-state index in [0.717, 1.165) is 10.6 Å². The molecule has 1 aromatic heterocycles. The normalized spacial score (nSPS) is 10.4. The number of aromatic nitrogens is 2. The topological polar surface area (TPSA) is 73.3 Å². The molecule has 0 aliphatic heterocycles. The highest BCUT2D eigenvalue weighted by Gasteiger charge is 2.12. The zero-order valence-corrected chi connectivity index (χ0v) is 15.7. The Morgan fingerprint density at radius 1 is 1.08 bits per heavy atom. The summed E-state index contributed by atoms with van der Waals surface area (Å²) >= 11 is 7.15. The van der Waals surface area contributed by atoms with Crippen LogP contribution in [-0.2, 0) is 6.42 Å². The second-order valence-corrected chi connectivity index (χ2v) is 6.83. The van der Waals surface area contributed by atoms with Crippen molar-refractivity contribution in [3.05, 3.63) is 63.6 Å². The molecule has 3 rings (SSSR count). The molecule has 3 aromatic rings. The highest BCUT2D eigenvalue weighted by molar-refractivity contribution is 7.15. The molecule has 0 saturated carbocycles. The highest BCUT2D eigenvalue weighted by atomic mass is 35.5. The third kappa shape index (κ3) is 4.30. The number of nitrogens with zero attached hydrogens (tertiary/aromatic N) is 2. The van der Waals surface area contributed by atoms with Gasteiger partial charge in [0.05, 0.1) is 14.2 Å². The number of carbonyl (C=O) groups is 1. The summed E-state index contributed by atoms with van der Waals surface area (Å²) in [5.41, 5.74) is 1.51. The lowest BCUT2D eigenvalue weighted by Gasteiger charge is -2.08. The summed E-state index contributed by atoms with van der Waals surface area (Å²) in [4.78, 5) is 12.2. The largest absolute Gasteiger partial charge is 0.493 e. The predicted molar refractivity (Wildman–Crippen MR) is 102 cm³/mol. The number of nitrogens with one attached hydrogen (secondary N) is 1. The Labute approximate surface area is 159 Å². The molecule has 26 heavy (non-hydrogen) atoms. The van der Waals surface area contributed by atoms with Gasteiger partial charge in [0, 0.05) is 17.0 Å². The quantitative estimate of drug-likeness (QED) is 0.688. The molecule has 0 atom stereocenters. The molecule has 0 saturated heterocycles. The Hall–Kier alpha value is -2.64. The third-order valence-corrected chi connectivity index (χ3v) is 4.69. The molecule has 0 spiro atoms. The fourth-order valence-electron chi connectivity index (χ4n) is 2.31. The first-order valence-corrected chi connectivity index (χ1v) is 8.88. The van der Waals surface area contributed by atoms with Crippen molar-refractivity contribution in [1.82, 2.24) is 10.2 Å². The van der Waals surface area contributed by atoms with Crippen LogP contribution in [0.4, 0.5) is 5.13 Å². The Kier molecular flexibility index (Phi) is 5.70. The molecular formula is C18H16ClN3O3S. The van der Waals surface area contributed by atoms with Gasteiger partial charge >= 0.3 is 0 Å². The average molecular weight is 390 g/mol. The van der Waals surface area contributed by atoms with E-state index in [1.54, 1.807) is 38.5 Å². The first-order valence-electron chi connectivity index (χ1n) is 7.69. The van der Waals surface area contributed by atoms with Gasteiger partial charge in [0.2, 0.25) is 5.13 Å². The number of ether oxygens (including phenoxy) is 2. The predicted octanol–water partition coefficient (Wildman–Crippen LogP) is 4.05. The lowest BCUT2D eigenvalue weighted by Crippen LogP contribution is -2.11.